The van der Waals surface area contributed by atoms with Crippen LogP contribution in [0.1, 0.15) is 19.3 Å². The van der Waals surface area contributed by atoms with Crippen LogP contribution in [0.15, 0.2) is 24.3 Å². The van der Waals surface area contributed by atoms with E-state index >= 15 is 0 Å². The third kappa shape index (κ3) is 3.50. The van der Waals surface area contributed by atoms with E-state index in [1.165, 1.54) is 6.42 Å². The Labute approximate surface area is 131 Å². The van der Waals surface area contributed by atoms with Crippen molar-refractivity contribution in [2.45, 2.75) is 25.3 Å². The summed E-state index contributed by atoms with van der Waals surface area (Å²) in [5.41, 5.74) is 1.14. The first-order valence-electron chi connectivity index (χ1n) is 7.77. The first-order chi connectivity index (χ1) is 10.2. The highest BCUT2D eigenvalue weighted by Gasteiger charge is 2.28. The van der Waals surface area contributed by atoms with Crippen molar-refractivity contribution < 1.29 is 4.79 Å². The van der Waals surface area contributed by atoms with Crippen LogP contribution in [0.4, 0.5) is 5.69 Å². The highest BCUT2D eigenvalue weighted by molar-refractivity contribution is 6.30. The fraction of sp³-hybridized carbons (Fsp3) is 0.562. The summed E-state index contributed by atoms with van der Waals surface area (Å²) >= 11 is 6.05. The average molecular weight is 308 g/mol. The number of anilines is 1. The van der Waals surface area contributed by atoms with Gasteiger partial charge in [-0.15, -0.1) is 0 Å². The van der Waals surface area contributed by atoms with E-state index in [0.29, 0.717) is 0 Å². The molecular formula is C16H22ClN3O. The zero-order valence-electron chi connectivity index (χ0n) is 12.2. The van der Waals surface area contributed by atoms with Gasteiger partial charge in [0.05, 0.1) is 6.04 Å². The van der Waals surface area contributed by atoms with Crippen LogP contribution in [0.5, 0.6) is 0 Å². The fourth-order valence-corrected chi connectivity index (χ4v) is 3.33. The Morgan fingerprint density at radius 1 is 1.19 bits per heavy atom. The van der Waals surface area contributed by atoms with Gasteiger partial charge in [-0.3, -0.25) is 4.79 Å². The summed E-state index contributed by atoms with van der Waals surface area (Å²) in [5, 5.41) is 4.11. The lowest BCUT2D eigenvalue weighted by atomic mass is 10.0. The second-order valence-corrected chi connectivity index (χ2v) is 6.23. The lowest BCUT2D eigenvalue weighted by Crippen LogP contribution is -2.55. The summed E-state index contributed by atoms with van der Waals surface area (Å²) in [6.07, 6.45) is 3.32. The molecule has 4 nitrogen and oxygen atoms in total. The third-order valence-corrected chi connectivity index (χ3v) is 4.61. The minimum atomic E-state index is 0.0384. The molecule has 2 aliphatic heterocycles. The third-order valence-electron chi connectivity index (χ3n) is 4.37. The molecule has 0 saturated carbocycles. The summed E-state index contributed by atoms with van der Waals surface area (Å²) in [6, 6.07) is 7.96. The minimum absolute atomic E-state index is 0.0384. The molecule has 0 radical (unpaired) electrons. The molecule has 1 atom stereocenters. The van der Waals surface area contributed by atoms with Gasteiger partial charge in [0.1, 0.15) is 0 Å². The summed E-state index contributed by atoms with van der Waals surface area (Å²) in [6.45, 7) is 4.31. The van der Waals surface area contributed by atoms with Crippen molar-refractivity contribution in [3.05, 3.63) is 29.3 Å². The van der Waals surface area contributed by atoms with Crippen molar-refractivity contribution in [3.8, 4) is 0 Å². The molecule has 1 aromatic rings. The number of nitrogens with zero attached hydrogens (tertiary/aromatic N) is 2. The van der Waals surface area contributed by atoms with Crippen LogP contribution >= 0.6 is 11.6 Å². The predicted octanol–water partition coefficient (Wildman–Crippen LogP) is 2.13. The molecular weight excluding hydrogens is 286 g/mol. The maximum absolute atomic E-state index is 12.5. The average Bonchev–Trinajstić information content (AvgIpc) is 2.55. The van der Waals surface area contributed by atoms with Crippen LogP contribution in [0.3, 0.4) is 0 Å². The second kappa shape index (κ2) is 6.67. The van der Waals surface area contributed by atoms with E-state index in [-0.39, 0.29) is 11.9 Å². The van der Waals surface area contributed by atoms with E-state index in [9.17, 15) is 4.79 Å². The van der Waals surface area contributed by atoms with Gasteiger partial charge in [0, 0.05) is 36.9 Å². The standard InChI is InChI=1S/C16H22ClN3O/c17-13-4-3-5-14(12-13)19-8-10-20(11-9-19)16(21)15-6-1-2-7-18-15/h3-5,12,15,18H,1-2,6-11H2/t15-/m0/s1. The number of piperidine rings is 1. The molecule has 5 heteroatoms. The number of amides is 1. The van der Waals surface area contributed by atoms with E-state index in [4.69, 9.17) is 11.6 Å². The van der Waals surface area contributed by atoms with Crippen molar-refractivity contribution in [1.82, 2.24) is 10.2 Å². The smallest absolute Gasteiger partial charge is 0.239 e. The van der Waals surface area contributed by atoms with Gasteiger partial charge in [-0.1, -0.05) is 24.1 Å². The molecule has 3 rings (SSSR count). The number of carbonyl (C=O) groups is 1. The van der Waals surface area contributed by atoms with E-state index in [0.717, 1.165) is 56.3 Å². The quantitative estimate of drug-likeness (QED) is 0.909. The van der Waals surface area contributed by atoms with Crippen molar-refractivity contribution >= 4 is 23.2 Å². The van der Waals surface area contributed by atoms with Gasteiger partial charge in [0.2, 0.25) is 5.91 Å². The molecule has 0 bridgehead atoms. The first-order valence-corrected chi connectivity index (χ1v) is 8.14. The zero-order chi connectivity index (χ0) is 14.7. The van der Waals surface area contributed by atoms with Gasteiger partial charge in [0.25, 0.3) is 0 Å². The van der Waals surface area contributed by atoms with E-state index in [1.807, 2.05) is 23.1 Å². The van der Waals surface area contributed by atoms with Gasteiger partial charge >= 0.3 is 0 Å². The van der Waals surface area contributed by atoms with Crippen molar-refractivity contribution in [3.63, 3.8) is 0 Å². The van der Waals surface area contributed by atoms with Crippen LogP contribution in [0.25, 0.3) is 0 Å². The van der Waals surface area contributed by atoms with Gasteiger partial charge in [0.15, 0.2) is 0 Å². The minimum Gasteiger partial charge on any atom is -0.368 e. The van der Waals surface area contributed by atoms with Gasteiger partial charge < -0.3 is 15.1 Å². The zero-order valence-corrected chi connectivity index (χ0v) is 13.0. The van der Waals surface area contributed by atoms with Crippen LogP contribution in [0, 0.1) is 0 Å². The van der Waals surface area contributed by atoms with Gasteiger partial charge in [-0.05, 0) is 37.6 Å². The largest absolute Gasteiger partial charge is 0.368 e. The maximum atomic E-state index is 12.5. The molecule has 1 aromatic carbocycles. The molecule has 0 aromatic heterocycles. The molecule has 0 aliphatic carbocycles. The molecule has 1 amide bonds. The normalized spacial score (nSPS) is 23.2. The fourth-order valence-electron chi connectivity index (χ4n) is 3.14. The maximum Gasteiger partial charge on any atom is 0.239 e. The van der Waals surface area contributed by atoms with Crippen LogP contribution in [-0.2, 0) is 4.79 Å². The molecule has 1 N–H and O–H groups in total. The number of benzene rings is 1. The van der Waals surface area contributed by atoms with Crippen LogP contribution < -0.4 is 10.2 Å². The lowest BCUT2D eigenvalue weighted by molar-refractivity contribution is -0.134. The van der Waals surface area contributed by atoms with Gasteiger partial charge in [-0.25, -0.2) is 0 Å². The highest BCUT2D eigenvalue weighted by atomic mass is 35.5. The Morgan fingerprint density at radius 3 is 2.67 bits per heavy atom. The topological polar surface area (TPSA) is 35.6 Å². The molecule has 0 unspecified atom stereocenters. The predicted molar refractivity (Wildman–Crippen MR) is 85.9 cm³/mol. The van der Waals surface area contributed by atoms with E-state index < -0.39 is 0 Å². The SMILES string of the molecule is O=C([C@@H]1CCCCN1)N1CCN(c2cccc(Cl)c2)CC1. The monoisotopic (exact) mass is 307 g/mol. The number of hydrogen-bond donors (Lipinski definition) is 1. The Bertz CT molecular complexity index is 494. The number of halogens is 1. The molecule has 21 heavy (non-hydrogen) atoms. The Balaban J connectivity index is 1.56. The van der Waals surface area contributed by atoms with Gasteiger partial charge in [-0.2, -0.15) is 0 Å². The first kappa shape index (κ1) is 14.7. The molecule has 2 aliphatic rings. The Kier molecular flexibility index (Phi) is 4.66. The van der Waals surface area contributed by atoms with Crippen molar-refractivity contribution in [2.24, 2.45) is 0 Å². The van der Waals surface area contributed by atoms with Crippen molar-refractivity contribution in [1.29, 1.82) is 0 Å². The van der Waals surface area contributed by atoms with Crippen LogP contribution in [-0.4, -0.2) is 49.6 Å². The van der Waals surface area contributed by atoms with Crippen molar-refractivity contribution in [2.75, 3.05) is 37.6 Å². The highest BCUT2D eigenvalue weighted by Crippen LogP contribution is 2.21. The number of nitrogens with one attached hydrogen (secondary N) is 1. The summed E-state index contributed by atoms with van der Waals surface area (Å²) in [4.78, 5) is 16.8. The number of carbonyl (C=O) groups excluding carboxylic acids is 1. The second-order valence-electron chi connectivity index (χ2n) is 5.79. The molecule has 2 saturated heterocycles. The summed E-state index contributed by atoms with van der Waals surface area (Å²) < 4.78 is 0. The van der Waals surface area contributed by atoms with Crippen LogP contribution in [0.2, 0.25) is 5.02 Å². The van der Waals surface area contributed by atoms with E-state index in [2.05, 4.69) is 16.3 Å². The Morgan fingerprint density at radius 2 is 2.00 bits per heavy atom. The number of piperazine rings is 1. The molecule has 2 heterocycles. The molecule has 114 valence electrons. The lowest BCUT2D eigenvalue weighted by Gasteiger charge is -2.38. The number of hydrogen-bond acceptors (Lipinski definition) is 3. The summed E-state index contributed by atoms with van der Waals surface area (Å²) in [5.74, 6) is 0.278. The Hall–Kier alpha value is -1.26. The molecule has 0 spiro atoms. The molecule has 2 fully saturated rings. The van der Waals surface area contributed by atoms with E-state index in [1.54, 1.807) is 0 Å². The summed E-state index contributed by atoms with van der Waals surface area (Å²) in [7, 11) is 0. The number of rotatable bonds is 2.